The molecule has 0 heterocycles. The number of unbranched alkanes of at least 4 members (excludes halogenated alkanes) is 28. The van der Waals surface area contributed by atoms with E-state index in [1.165, 1.54) is 116 Å². The van der Waals surface area contributed by atoms with Crippen LogP contribution in [0.2, 0.25) is 0 Å². The Balaban J connectivity index is 5.19. The number of nitrogens with one attached hydrogen (secondary N) is 1. The topological polar surface area (TPSA) is 111 Å². The Morgan fingerprint density at radius 2 is 0.842 bits per heavy atom. The fraction of sp³-hybridized carbons (Fsp3) is 0.758. The summed E-state index contributed by atoms with van der Waals surface area (Å²) in [7, 11) is 1.48. The van der Waals surface area contributed by atoms with Gasteiger partial charge in [0.15, 0.2) is 0 Å². The number of allylic oxidation sites excluding steroid dienone is 13. The van der Waals surface area contributed by atoms with Crippen LogP contribution in [0.15, 0.2) is 85.1 Å². The molecule has 0 saturated heterocycles. The normalized spacial score (nSPS) is 14.2. The zero-order chi connectivity index (χ0) is 55.7. The number of phosphoric acid groups is 1. The van der Waals surface area contributed by atoms with Gasteiger partial charge in [0, 0.05) is 12.8 Å². The van der Waals surface area contributed by atoms with Crippen molar-refractivity contribution in [3.05, 3.63) is 85.1 Å². The molecule has 0 spiro atoms. The number of ether oxygens (including phenoxy) is 1. The van der Waals surface area contributed by atoms with Crippen molar-refractivity contribution in [2.75, 3.05) is 40.9 Å². The highest BCUT2D eigenvalue weighted by atomic mass is 31.2. The molecule has 2 N–H and O–H groups in total. The number of esters is 1. The number of hydrogen-bond donors (Lipinski definition) is 2. The molecule has 10 heteroatoms. The average molecular weight is 1080 g/mol. The summed E-state index contributed by atoms with van der Waals surface area (Å²) in [6.45, 7) is 6.89. The molecule has 0 aromatic carbocycles. The number of quaternary nitrogens is 1. The Hall–Kier alpha value is -2.81. The van der Waals surface area contributed by atoms with Crippen molar-refractivity contribution in [3.8, 4) is 0 Å². The highest BCUT2D eigenvalue weighted by Gasteiger charge is 2.30. The summed E-state index contributed by atoms with van der Waals surface area (Å²) in [5.41, 5.74) is 0. The summed E-state index contributed by atoms with van der Waals surface area (Å²) in [5, 5.41) is 3.05. The number of rotatable bonds is 56. The Morgan fingerprint density at radius 1 is 0.474 bits per heavy atom. The minimum atomic E-state index is -4.45. The third kappa shape index (κ3) is 55.9. The van der Waals surface area contributed by atoms with E-state index >= 15 is 0 Å². The summed E-state index contributed by atoms with van der Waals surface area (Å²) in [5.74, 6) is -0.520. The summed E-state index contributed by atoms with van der Waals surface area (Å²) in [6.07, 6.45) is 72.9. The molecule has 76 heavy (non-hydrogen) atoms. The predicted octanol–water partition coefficient (Wildman–Crippen LogP) is 19.4. The van der Waals surface area contributed by atoms with E-state index in [1.54, 1.807) is 0 Å². The zero-order valence-corrected chi connectivity index (χ0v) is 51.1. The standard InChI is InChI=1S/C66H119N2O7P/c1-7-10-13-16-19-22-25-28-29-30-31-32-33-34-35-36-37-38-39-41-43-46-49-52-55-58-65(69)67-63(62-74-76(71,72)73-61-60-68(4,5)6)64(57-54-51-48-45-42-27-24-21-18-15-12-9-3)75-66(70)59-56-53-50-47-44-40-26-23-20-17-14-11-8-2/h10,13,19,22,28-29,31-32,34-35,37-38,54,57,63-64H,7-9,11-12,14-18,20-21,23-27,30,33,36,39-53,55-56,58-62H2,1-6H3,(H-,67,69,71,72)/p+1/b13-10-,22-19-,29-28-,32-31-,35-34-,38-37-,57-54-. The van der Waals surface area contributed by atoms with Crippen molar-refractivity contribution in [2.45, 2.75) is 283 Å². The molecule has 0 aliphatic carbocycles. The maximum atomic E-state index is 13.5. The van der Waals surface area contributed by atoms with Crippen molar-refractivity contribution in [2.24, 2.45) is 0 Å². The maximum absolute atomic E-state index is 13.5. The fourth-order valence-corrected chi connectivity index (χ4v) is 9.50. The molecular formula is C66H120N2O7P+. The van der Waals surface area contributed by atoms with E-state index in [-0.39, 0.29) is 31.5 Å². The molecule has 0 radical (unpaired) electrons. The summed E-state index contributed by atoms with van der Waals surface area (Å²) in [4.78, 5) is 37.7. The molecule has 0 saturated carbocycles. The van der Waals surface area contributed by atoms with E-state index in [9.17, 15) is 19.0 Å². The number of carbonyl (C=O) groups excluding carboxylic acids is 2. The number of carbonyl (C=O) groups is 2. The fourth-order valence-electron chi connectivity index (χ4n) is 8.77. The van der Waals surface area contributed by atoms with Gasteiger partial charge in [-0.2, -0.15) is 0 Å². The van der Waals surface area contributed by atoms with E-state index in [4.69, 9.17) is 13.8 Å². The molecule has 0 bridgehead atoms. The van der Waals surface area contributed by atoms with Crippen molar-refractivity contribution in [1.29, 1.82) is 0 Å². The molecule has 1 amide bonds. The molecular weight excluding hydrogens is 964 g/mol. The van der Waals surface area contributed by atoms with Gasteiger partial charge in [-0.1, -0.05) is 260 Å². The molecule has 0 rings (SSSR count). The number of amides is 1. The molecule has 0 fully saturated rings. The largest absolute Gasteiger partial charge is 0.472 e. The van der Waals surface area contributed by atoms with Gasteiger partial charge in [-0.3, -0.25) is 18.6 Å². The summed E-state index contributed by atoms with van der Waals surface area (Å²) >= 11 is 0. The van der Waals surface area contributed by atoms with Gasteiger partial charge in [-0.25, -0.2) is 4.57 Å². The van der Waals surface area contributed by atoms with Crippen LogP contribution in [-0.2, 0) is 27.9 Å². The molecule has 440 valence electrons. The molecule has 0 aliphatic heterocycles. The third-order valence-electron chi connectivity index (χ3n) is 13.6. The second-order valence-corrected chi connectivity index (χ2v) is 23.7. The van der Waals surface area contributed by atoms with Crippen LogP contribution in [0, 0.1) is 0 Å². The van der Waals surface area contributed by atoms with Crippen molar-refractivity contribution >= 4 is 19.7 Å². The lowest BCUT2D eigenvalue weighted by atomic mass is 10.0. The lowest BCUT2D eigenvalue weighted by molar-refractivity contribution is -0.870. The predicted molar refractivity (Wildman–Crippen MR) is 328 cm³/mol. The van der Waals surface area contributed by atoms with Gasteiger partial charge in [0.05, 0.1) is 33.8 Å². The maximum Gasteiger partial charge on any atom is 0.472 e. The van der Waals surface area contributed by atoms with Crippen LogP contribution in [-0.4, -0.2) is 74.3 Å². The first-order valence-corrected chi connectivity index (χ1v) is 32.9. The van der Waals surface area contributed by atoms with Crippen LogP contribution in [0.3, 0.4) is 0 Å². The van der Waals surface area contributed by atoms with E-state index in [2.05, 4.69) is 99.0 Å². The van der Waals surface area contributed by atoms with Crippen molar-refractivity contribution in [3.63, 3.8) is 0 Å². The summed E-state index contributed by atoms with van der Waals surface area (Å²) < 4.78 is 30.7. The first kappa shape index (κ1) is 73.2. The van der Waals surface area contributed by atoms with Crippen molar-refractivity contribution < 1.29 is 37.3 Å². The number of likely N-dealkylation sites (N-methyl/N-ethyl adjacent to an activating group) is 1. The minimum absolute atomic E-state index is 0.0348. The van der Waals surface area contributed by atoms with Crippen LogP contribution in [0.4, 0.5) is 0 Å². The SMILES string of the molecule is CC/C=C\C/C=C\C/C=C\C/C=C\C/C=C\C/C=C\CCCCCCCCC(=O)NC(COP(=O)(O)OCC[N+](C)(C)C)C(/C=C\CCCCCCCCCCCC)OC(=O)CCCCCCCCCCCCCCC. The Morgan fingerprint density at radius 3 is 1.26 bits per heavy atom. The second-order valence-electron chi connectivity index (χ2n) is 22.2. The smallest absolute Gasteiger partial charge is 0.456 e. The molecule has 0 aromatic rings. The zero-order valence-electron chi connectivity index (χ0n) is 50.2. The number of phosphoric ester groups is 1. The second kappa shape index (κ2) is 55.5. The van der Waals surface area contributed by atoms with Crippen LogP contribution in [0.1, 0.15) is 271 Å². The first-order valence-electron chi connectivity index (χ1n) is 31.4. The van der Waals surface area contributed by atoms with Crippen molar-refractivity contribution in [1.82, 2.24) is 5.32 Å². The molecule has 0 aliphatic rings. The molecule has 3 atom stereocenters. The monoisotopic (exact) mass is 1080 g/mol. The molecule has 0 aromatic heterocycles. The van der Waals surface area contributed by atoms with Gasteiger partial charge in [-0.15, -0.1) is 0 Å². The highest BCUT2D eigenvalue weighted by Crippen LogP contribution is 2.43. The Labute approximate surface area is 469 Å². The van der Waals surface area contributed by atoms with Gasteiger partial charge in [0.25, 0.3) is 0 Å². The average Bonchev–Trinajstić information content (AvgIpc) is 3.38. The lowest BCUT2D eigenvalue weighted by Crippen LogP contribution is -2.47. The number of nitrogens with zero attached hydrogens (tertiary/aromatic N) is 1. The van der Waals surface area contributed by atoms with Crippen LogP contribution < -0.4 is 5.32 Å². The van der Waals surface area contributed by atoms with E-state index in [0.29, 0.717) is 17.4 Å². The molecule has 9 nitrogen and oxygen atoms in total. The summed E-state index contributed by atoms with van der Waals surface area (Å²) in [6, 6.07) is -0.858. The van der Waals surface area contributed by atoms with E-state index < -0.39 is 20.0 Å². The van der Waals surface area contributed by atoms with Gasteiger partial charge in [-0.05, 0) is 83.1 Å². The highest BCUT2D eigenvalue weighted by molar-refractivity contribution is 7.47. The van der Waals surface area contributed by atoms with E-state index in [0.717, 1.165) is 122 Å². The van der Waals surface area contributed by atoms with Gasteiger partial charge >= 0.3 is 13.8 Å². The minimum Gasteiger partial charge on any atom is -0.456 e. The third-order valence-corrected chi connectivity index (χ3v) is 14.6. The van der Waals surface area contributed by atoms with Crippen LogP contribution in [0.5, 0.6) is 0 Å². The lowest BCUT2D eigenvalue weighted by Gasteiger charge is -2.27. The number of hydrogen-bond acceptors (Lipinski definition) is 6. The van der Waals surface area contributed by atoms with Crippen LogP contribution >= 0.6 is 7.82 Å². The Kier molecular flexibility index (Phi) is 53.5. The quantitative estimate of drug-likeness (QED) is 0.0205. The molecule has 3 unspecified atom stereocenters. The Bertz CT molecular complexity index is 1580. The van der Waals surface area contributed by atoms with Gasteiger partial charge in [0.1, 0.15) is 19.3 Å². The van der Waals surface area contributed by atoms with Gasteiger partial charge in [0.2, 0.25) is 5.91 Å². The first-order chi connectivity index (χ1) is 36.9. The van der Waals surface area contributed by atoms with Crippen LogP contribution in [0.25, 0.3) is 0 Å². The van der Waals surface area contributed by atoms with Gasteiger partial charge < -0.3 is 19.4 Å². The van der Waals surface area contributed by atoms with E-state index in [1.807, 2.05) is 33.3 Å².